The van der Waals surface area contributed by atoms with Gasteiger partial charge in [0.05, 0.1) is 29.2 Å². The molecule has 1 rings (SSSR count). The summed E-state index contributed by atoms with van der Waals surface area (Å²) in [5.41, 5.74) is -5.64. The van der Waals surface area contributed by atoms with E-state index in [0.717, 1.165) is 13.2 Å². The summed E-state index contributed by atoms with van der Waals surface area (Å²) in [5, 5.41) is 8.57. The van der Waals surface area contributed by atoms with Gasteiger partial charge in [0.2, 0.25) is 0 Å². The summed E-state index contributed by atoms with van der Waals surface area (Å²) in [6, 6.07) is 3.01. The van der Waals surface area contributed by atoms with Crippen molar-refractivity contribution in [2.45, 2.75) is 10.4 Å². The van der Waals surface area contributed by atoms with Crippen molar-refractivity contribution in [3.8, 4) is 6.07 Å². The second-order valence-corrected chi connectivity index (χ2v) is 4.06. The maximum absolute atomic E-state index is 13.4. The molecule has 8 heteroatoms. The highest BCUT2D eigenvalue weighted by atomic mass is 32.2. The molecular formula is C10H5F4NO2S. The van der Waals surface area contributed by atoms with E-state index in [4.69, 9.17) is 5.26 Å². The van der Waals surface area contributed by atoms with Gasteiger partial charge >= 0.3 is 11.5 Å². The summed E-state index contributed by atoms with van der Waals surface area (Å²) >= 11 is -0.768. The smallest absolute Gasteiger partial charge is 0.446 e. The standard InChI is InChI=1S/C10H5F4NO2S/c1-17-9(16)6-2-5(4-15)3-7(11)8(6)18-10(12,13)14/h2-3H,1H3. The second kappa shape index (κ2) is 5.27. The molecule has 0 bridgehead atoms. The van der Waals surface area contributed by atoms with Crippen molar-refractivity contribution in [2.75, 3.05) is 7.11 Å². The SMILES string of the molecule is COC(=O)c1cc(C#N)cc(F)c1SC(F)(F)F. The van der Waals surface area contributed by atoms with Gasteiger partial charge in [-0.25, -0.2) is 9.18 Å². The lowest BCUT2D eigenvalue weighted by Crippen LogP contribution is -2.09. The third-order valence-electron chi connectivity index (χ3n) is 1.80. The predicted octanol–water partition coefficient (Wildman–Crippen LogP) is 3.10. The minimum Gasteiger partial charge on any atom is -0.465 e. The van der Waals surface area contributed by atoms with Crippen LogP contribution < -0.4 is 0 Å². The van der Waals surface area contributed by atoms with Crippen LogP contribution in [0.4, 0.5) is 17.6 Å². The largest absolute Gasteiger partial charge is 0.465 e. The number of hydrogen-bond donors (Lipinski definition) is 0. The normalized spacial score (nSPS) is 10.9. The van der Waals surface area contributed by atoms with Crippen LogP contribution in [0, 0.1) is 17.1 Å². The zero-order valence-corrected chi connectivity index (χ0v) is 9.66. The van der Waals surface area contributed by atoms with Crippen molar-refractivity contribution >= 4 is 17.7 Å². The van der Waals surface area contributed by atoms with E-state index in [1.54, 1.807) is 0 Å². The first-order chi connectivity index (χ1) is 8.28. The van der Waals surface area contributed by atoms with Gasteiger partial charge < -0.3 is 4.74 Å². The van der Waals surface area contributed by atoms with Gasteiger partial charge in [0, 0.05) is 0 Å². The van der Waals surface area contributed by atoms with Crippen molar-refractivity contribution in [2.24, 2.45) is 0 Å². The number of nitrogens with zero attached hydrogens (tertiary/aromatic N) is 1. The molecule has 18 heavy (non-hydrogen) atoms. The van der Waals surface area contributed by atoms with E-state index >= 15 is 0 Å². The van der Waals surface area contributed by atoms with Crippen LogP contribution in [0.1, 0.15) is 15.9 Å². The van der Waals surface area contributed by atoms with Crippen LogP contribution in [0.2, 0.25) is 0 Å². The van der Waals surface area contributed by atoms with Crippen molar-refractivity contribution in [3.63, 3.8) is 0 Å². The Morgan fingerprint density at radius 2 is 2.06 bits per heavy atom. The molecule has 0 radical (unpaired) electrons. The third-order valence-corrected chi connectivity index (χ3v) is 2.65. The van der Waals surface area contributed by atoms with Crippen molar-refractivity contribution in [1.29, 1.82) is 5.26 Å². The Labute approximate surface area is 103 Å². The average Bonchev–Trinajstić information content (AvgIpc) is 2.28. The Morgan fingerprint density at radius 1 is 1.44 bits per heavy atom. The minimum absolute atomic E-state index is 0.264. The lowest BCUT2D eigenvalue weighted by Gasteiger charge is -2.11. The van der Waals surface area contributed by atoms with E-state index in [1.165, 1.54) is 6.07 Å². The summed E-state index contributed by atoms with van der Waals surface area (Å²) in [5.74, 6) is -2.44. The molecule has 0 N–H and O–H groups in total. The van der Waals surface area contributed by atoms with Gasteiger partial charge in [0.25, 0.3) is 0 Å². The molecule has 0 saturated carbocycles. The van der Waals surface area contributed by atoms with E-state index in [2.05, 4.69) is 4.74 Å². The number of carbonyl (C=O) groups is 1. The van der Waals surface area contributed by atoms with E-state index in [9.17, 15) is 22.4 Å². The molecule has 0 aromatic heterocycles. The highest BCUT2D eigenvalue weighted by molar-refractivity contribution is 8.00. The van der Waals surface area contributed by atoms with Crippen molar-refractivity contribution in [3.05, 3.63) is 29.1 Å². The van der Waals surface area contributed by atoms with Crippen LogP contribution in [0.3, 0.4) is 0 Å². The fourth-order valence-electron chi connectivity index (χ4n) is 1.14. The molecule has 0 saturated heterocycles. The van der Waals surface area contributed by atoms with Gasteiger partial charge in [0.1, 0.15) is 5.82 Å². The zero-order chi connectivity index (χ0) is 13.9. The number of carbonyl (C=O) groups excluding carboxylic acids is 1. The summed E-state index contributed by atoms with van der Waals surface area (Å²) in [6.45, 7) is 0. The molecule has 96 valence electrons. The van der Waals surface area contributed by atoms with Crippen LogP contribution in [0.25, 0.3) is 0 Å². The fraction of sp³-hybridized carbons (Fsp3) is 0.200. The summed E-state index contributed by atoms with van der Waals surface area (Å²) in [6.07, 6.45) is 0. The molecule has 0 aliphatic rings. The Hall–Kier alpha value is -1.75. The Kier molecular flexibility index (Phi) is 4.19. The topological polar surface area (TPSA) is 50.1 Å². The summed E-state index contributed by atoms with van der Waals surface area (Å²) < 4.78 is 54.4. The molecule has 0 atom stereocenters. The quantitative estimate of drug-likeness (QED) is 0.474. The predicted molar refractivity (Wildman–Crippen MR) is 54.4 cm³/mol. The number of esters is 1. The van der Waals surface area contributed by atoms with Gasteiger partial charge in [-0.05, 0) is 23.9 Å². The number of alkyl halides is 3. The molecular weight excluding hydrogens is 274 g/mol. The summed E-state index contributed by atoms with van der Waals surface area (Å²) in [7, 11) is 0.946. The Morgan fingerprint density at radius 3 is 2.50 bits per heavy atom. The number of ether oxygens (including phenoxy) is 1. The fourth-order valence-corrected chi connectivity index (χ4v) is 1.78. The van der Waals surface area contributed by atoms with Crippen molar-refractivity contribution in [1.82, 2.24) is 0 Å². The van der Waals surface area contributed by atoms with E-state index < -0.39 is 39.5 Å². The molecule has 3 nitrogen and oxygen atoms in total. The van der Waals surface area contributed by atoms with Crippen LogP contribution in [-0.2, 0) is 4.74 Å². The van der Waals surface area contributed by atoms with E-state index in [1.807, 2.05) is 0 Å². The maximum atomic E-state index is 13.4. The molecule has 0 unspecified atom stereocenters. The van der Waals surface area contributed by atoms with Crippen LogP contribution in [0.5, 0.6) is 0 Å². The Bertz CT molecular complexity index is 522. The van der Waals surface area contributed by atoms with Crippen molar-refractivity contribution < 1.29 is 27.1 Å². The van der Waals surface area contributed by atoms with E-state index in [0.29, 0.717) is 6.07 Å². The van der Waals surface area contributed by atoms with Gasteiger partial charge in [-0.1, -0.05) is 0 Å². The first kappa shape index (κ1) is 14.3. The number of methoxy groups -OCH3 is 1. The molecule has 0 spiro atoms. The van der Waals surface area contributed by atoms with Gasteiger partial charge in [-0.15, -0.1) is 0 Å². The highest BCUT2D eigenvalue weighted by Crippen LogP contribution is 2.40. The molecule has 0 amide bonds. The third kappa shape index (κ3) is 3.37. The number of halogens is 4. The molecule has 0 fully saturated rings. The van der Waals surface area contributed by atoms with Crippen LogP contribution in [0.15, 0.2) is 17.0 Å². The number of rotatable bonds is 2. The highest BCUT2D eigenvalue weighted by Gasteiger charge is 2.33. The monoisotopic (exact) mass is 279 g/mol. The summed E-state index contributed by atoms with van der Waals surface area (Å²) in [4.78, 5) is 10.4. The van der Waals surface area contributed by atoms with Crippen LogP contribution >= 0.6 is 11.8 Å². The van der Waals surface area contributed by atoms with Gasteiger partial charge in [-0.2, -0.15) is 18.4 Å². The molecule has 0 aliphatic carbocycles. The van der Waals surface area contributed by atoms with Gasteiger partial charge in [-0.3, -0.25) is 0 Å². The molecule has 0 heterocycles. The number of nitriles is 1. The van der Waals surface area contributed by atoms with E-state index in [-0.39, 0.29) is 5.56 Å². The van der Waals surface area contributed by atoms with Gasteiger partial charge in [0.15, 0.2) is 0 Å². The molecule has 0 aliphatic heterocycles. The lowest BCUT2D eigenvalue weighted by atomic mass is 10.1. The lowest BCUT2D eigenvalue weighted by molar-refractivity contribution is -0.0329. The zero-order valence-electron chi connectivity index (χ0n) is 8.84. The molecule has 1 aromatic rings. The van der Waals surface area contributed by atoms with Crippen LogP contribution in [-0.4, -0.2) is 18.6 Å². The second-order valence-electron chi connectivity index (χ2n) is 2.99. The first-order valence-corrected chi connectivity index (χ1v) is 5.18. The molecule has 1 aromatic carbocycles. The maximum Gasteiger partial charge on any atom is 0.446 e. The average molecular weight is 279 g/mol. The first-order valence-electron chi connectivity index (χ1n) is 4.36. The number of thioether (sulfide) groups is 1. The number of hydrogen-bond acceptors (Lipinski definition) is 4. The minimum atomic E-state index is -4.75. The Balaban J connectivity index is 3.39. The number of benzene rings is 1.